The summed E-state index contributed by atoms with van der Waals surface area (Å²) in [4.78, 5) is 0. The van der Waals surface area contributed by atoms with Crippen LogP contribution < -0.4 is 0 Å². The van der Waals surface area contributed by atoms with Gasteiger partial charge in [-0.1, -0.05) is 32.9 Å². The van der Waals surface area contributed by atoms with Gasteiger partial charge in [0.15, 0.2) is 8.32 Å². The monoisotopic (exact) mass is 230 g/mol. The lowest BCUT2D eigenvalue weighted by Gasteiger charge is -2.36. The zero-order valence-electron chi connectivity index (χ0n) is 11.1. The van der Waals surface area contributed by atoms with Gasteiger partial charge in [-0.2, -0.15) is 0 Å². The Morgan fingerprint density at radius 2 is 1.87 bits per heavy atom. The van der Waals surface area contributed by atoms with Crippen molar-refractivity contribution in [3.05, 3.63) is 12.2 Å². The minimum Gasteiger partial charge on any atom is -0.417 e. The highest BCUT2D eigenvalue weighted by atomic mass is 28.4. The molecule has 0 aromatic carbocycles. The third-order valence-electron chi connectivity index (χ3n) is 3.23. The Kier molecular flexibility index (Phi) is 5.24. The Morgan fingerprint density at radius 3 is 2.20 bits per heavy atom. The molecule has 0 saturated heterocycles. The topological polar surface area (TPSA) is 29.5 Å². The van der Waals surface area contributed by atoms with Crippen LogP contribution in [0.15, 0.2) is 12.2 Å². The van der Waals surface area contributed by atoms with E-state index < -0.39 is 14.4 Å². The largest absolute Gasteiger partial charge is 0.417 e. The van der Waals surface area contributed by atoms with E-state index in [2.05, 4.69) is 40.4 Å². The molecule has 0 saturated carbocycles. The Hall–Kier alpha value is -0.123. The summed E-state index contributed by atoms with van der Waals surface area (Å²) < 4.78 is 5.95. The van der Waals surface area contributed by atoms with E-state index in [1.165, 1.54) is 0 Å². The van der Waals surface area contributed by atoms with E-state index in [-0.39, 0.29) is 5.04 Å². The summed E-state index contributed by atoms with van der Waals surface area (Å²) in [7, 11) is -1.65. The second kappa shape index (κ2) is 5.28. The Balaban J connectivity index is 4.01. The van der Waals surface area contributed by atoms with E-state index in [1.54, 1.807) is 0 Å². The molecule has 1 N–H and O–H groups in total. The molecule has 0 aliphatic heterocycles. The van der Waals surface area contributed by atoms with Crippen LogP contribution in [0, 0.1) is 0 Å². The zero-order valence-corrected chi connectivity index (χ0v) is 12.1. The first kappa shape index (κ1) is 14.9. The van der Waals surface area contributed by atoms with E-state index in [4.69, 9.17) is 4.43 Å². The molecule has 0 aliphatic carbocycles. The van der Waals surface area contributed by atoms with Gasteiger partial charge >= 0.3 is 0 Å². The van der Waals surface area contributed by atoms with Crippen molar-refractivity contribution in [2.24, 2.45) is 0 Å². The second-order valence-corrected chi connectivity index (χ2v) is 10.6. The predicted molar refractivity (Wildman–Crippen MR) is 68.6 cm³/mol. The molecule has 0 spiro atoms. The minimum absolute atomic E-state index is 0.237. The maximum absolute atomic E-state index is 9.56. The molecule has 0 radical (unpaired) electrons. The molecule has 15 heavy (non-hydrogen) atoms. The molecule has 0 aliphatic rings. The number of rotatable bonds is 5. The fraction of sp³-hybridized carbons (Fsp3) is 0.833. The SMILES string of the molecule is C=C(C)[C@@H](O)CCO[Si](C)(C)C(C)(C)C. The molecule has 3 heteroatoms. The number of aliphatic hydroxyl groups excluding tert-OH is 1. The third kappa shape index (κ3) is 4.95. The summed E-state index contributed by atoms with van der Waals surface area (Å²) in [6.07, 6.45) is 0.233. The summed E-state index contributed by atoms with van der Waals surface area (Å²) in [5, 5.41) is 9.80. The molecule has 1 atom stereocenters. The lowest BCUT2D eigenvalue weighted by atomic mass is 10.1. The molecule has 0 unspecified atom stereocenters. The smallest absolute Gasteiger partial charge is 0.191 e. The van der Waals surface area contributed by atoms with Crippen LogP contribution in [0.3, 0.4) is 0 Å². The average molecular weight is 230 g/mol. The maximum Gasteiger partial charge on any atom is 0.191 e. The second-order valence-electron chi connectivity index (χ2n) is 5.76. The van der Waals surface area contributed by atoms with Gasteiger partial charge in [0.1, 0.15) is 0 Å². The van der Waals surface area contributed by atoms with E-state index in [1.807, 2.05) is 6.92 Å². The molecule has 0 aromatic heterocycles. The standard InChI is InChI=1S/C12H26O2Si/c1-10(2)11(13)8-9-14-15(6,7)12(3,4)5/h11,13H,1,8-9H2,2-7H3/t11-/m0/s1. The molecule has 0 bridgehead atoms. The Bertz CT molecular complexity index is 216. The van der Waals surface area contributed by atoms with Gasteiger partial charge in [0.05, 0.1) is 6.10 Å². The summed E-state index contributed by atoms with van der Waals surface area (Å²) in [6.45, 7) is 17.3. The molecular formula is C12H26O2Si. The normalized spacial score (nSPS) is 15.1. The lowest BCUT2D eigenvalue weighted by molar-refractivity contribution is 0.163. The first-order valence-electron chi connectivity index (χ1n) is 5.55. The van der Waals surface area contributed by atoms with Crippen LogP contribution in [-0.4, -0.2) is 26.1 Å². The van der Waals surface area contributed by atoms with Crippen LogP contribution in [0.25, 0.3) is 0 Å². The Labute approximate surface area is 95.5 Å². The van der Waals surface area contributed by atoms with Crippen molar-refractivity contribution in [3.63, 3.8) is 0 Å². The molecule has 0 rings (SSSR count). The van der Waals surface area contributed by atoms with Crippen LogP contribution in [0.1, 0.15) is 34.1 Å². The fourth-order valence-corrected chi connectivity index (χ4v) is 1.95. The van der Waals surface area contributed by atoms with Gasteiger partial charge in [-0.25, -0.2) is 0 Å². The number of hydrogen-bond donors (Lipinski definition) is 1. The highest BCUT2D eigenvalue weighted by molar-refractivity contribution is 6.74. The van der Waals surface area contributed by atoms with Gasteiger partial charge in [-0.15, -0.1) is 0 Å². The molecule has 0 amide bonds. The molecule has 0 heterocycles. The van der Waals surface area contributed by atoms with Crippen molar-refractivity contribution in [2.75, 3.05) is 6.61 Å². The first-order valence-corrected chi connectivity index (χ1v) is 8.46. The number of hydrogen-bond acceptors (Lipinski definition) is 2. The number of aliphatic hydroxyl groups is 1. The van der Waals surface area contributed by atoms with Crippen molar-refractivity contribution < 1.29 is 9.53 Å². The predicted octanol–water partition coefficient (Wildman–Crippen LogP) is 3.34. The van der Waals surface area contributed by atoms with Crippen LogP contribution in [0.5, 0.6) is 0 Å². The quantitative estimate of drug-likeness (QED) is 0.580. The summed E-state index contributed by atoms with van der Waals surface area (Å²) in [6, 6.07) is 0. The fourth-order valence-electron chi connectivity index (χ4n) is 0.889. The minimum atomic E-state index is -1.65. The molecule has 0 fully saturated rings. The molecule has 2 nitrogen and oxygen atoms in total. The van der Waals surface area contributed by atoms with Gasteiger partial charge in [-0.3, -0.25) is 0 Å². The van der Waals surface area contributed by atoms with Gasteiger partial charge < -0.3 is 9.53 Å². The summed E-state index contributed by atoms with van der Waals surface area (Å²) >= 11 is 0. The highest BCUT2D eigenvalue weighted by Gasteiger charge is 2.36. The van der Waals surface area contributed by atoms with Crippen molar-refractivity contribution in [1.82, 2.24) is 0 Å². The van der Waals surface area contributed by atoms with Crippen molar-refractivity contribution in [1.29, 1.82) is 0 Å². The third-order valence-corrected chi connectivity index (χ3v) is 7.77. The zero-order chi connectivity index (χ0) is 12.3. The van der Waals surface area contributed by atoms with Gasteiger partial charge in [0, 0.05) is 6.61 Å². The van der Waals surface area contributed by atoms with E-state index in [9.17, 15) is 5.11 Å². The lowest BCUT2D eigenvalue weighted by Crippen LogP contribution is -2.41. The molecule has 90 valence electrons. The van der Waals surface area contributed by atoms with E-state index in [0.717, 1.165) is 5.57 Å². The first-order chi connectivity index (χ1) is 6.58. The van der Waals surface area contributed by atoms with Crippen molar-refractivity contribution in [2.45, 2.75) is 58.4 Å². The van der Waals surface area contributed by atoms with E-state index >= 15 is 0 Å². The van der Waals surface area contributed by atoms with Crippen LogP contribution in [-0.2, 0) is 4.43 Å². The summed E-state index contributed by atoms with van der Waals surface area (Å²) in [5.74, 6) is 0. The van der Waals surface area contributed by atoms with Gasteiger partial charge in [0.2, 0.25) is 0 Å². The van der Waals surface area contributed by atoms with Crippen LogP contribution in [0.4, 0.5) is 0 Å². The van der Waals surface area contributed by atoms with Gasteiger partial charge in [-0.05, 0) is 31.5 Å². The summed E-state index contributed by atoms with van der Waals surface area (Å²) in [5.41, 5.74) is 0.814. The Morgan fingerprint density at radius 1 is 1.40 bits per heavy atom. The van der Waals surface area contributed by atoms with Gasteiger partial charge in [0.25, 0.3) is 0 Å². The molecular weight excluding hydrogens is 204 g/mol. The van der Waals surface area contributed by atoms with Crippen LogP contribution >= 0.6 is 0 Å². The van der Waals surface area contributed by atoms with Crippen molar-refractivity contribution >= 4 is 8.32 Å². The van der Waals surface area contributed by atoms with E-state index in [0.29, 0.717) is 13.0 Å². The average Bonchev–Trinajstić information content (AvgIpc) is 2.01. The molecule has 0 aromatic rings. The van der Waals surface area contributed by atoms with Crippen molar-refractivity contribution in [3.8, 4) is 0 Å². The van der Waals surface area contributed by atoms with Crippen LogP contribution in [0.2, 0.25) is 18.1 Å². The maximum atomic E-state index is 9.56. The highest BCUT2D eigenvalue weighted by Crippen LogP contribution is 2.36.